The van der Waals surface area contributed by atoms with Crippen molar-refractivity contribution in [1.82, 2.24) is 0 Å². The van der Waals surface area contributed by atoms with Gasteiger partial charge >= 0.3 is 29.6 Å². The first kappa shape index (κ1) is 15.9. The van der Waals surface area contributed by atoms with Crippen LogP contribution in [0.3, 0.4) is 0 Å². The van der Waals surface area contributed by atoms with Crippen LogP contribution < -0.4 is 0 Å². The van der Waals surface area contributed by atoms with Gasteiger partial charge in [0, 0.05) is 6.92 Å². The molecule has 0 aliphatic heterocycles. The van der Waals surface area contributed by atoms with Gasteiger partial charge < -0.3 is 0 Å². The van der Waals surface area contributed by atoms with Gasteiger partial charge in [0.15, 0.2) is 0 Å². The number of nitriles is 1. The molecule has 0 aromatic carbocycles. The van der Waals surface area contributed by atoms with Gasteiger partial charge in [-0.25, -0.2) is 0 Å². The first-order valence-electron chi connectivity index (χ1n) is 0.893. The number of hydrogen-bond donors (Lipinski definition) is 1. The summed E-state index contributed by atoms with van der Waals surface area (Å²) >= 11 is 3.64. The predicted molar refractivity (Wildman–Crippen MR) is 26.5 cm³/mol. The fraction of sp³-hybridized carbons (Fsp3) is 0.500. The second-order valence-corrected chi connectivity index (χ2v) is 0.224. The second-order valence-electron chi connectivity index (χ2n) is 0.224. The Morgan fingerprint density at radius 3 is 1.67 bits per heavy atom. The molecule has 0 amide bonds. The van der Waals surface area contributed by atoms with Crippen molar-refractivity contribution in [2.75, 3.05) is 0 Å². The Morgan fingerprint density at radius 2 is 1.67 bits per heavy atom. The molecule has 32 valence electrons. The van der Waals surface area contributed by atoms with Crippen LogP contribution in [0, 0.1) is 11.3 Å². The molecule has 0 aliphatic carbocycles. The zero-order valence-corrected chi connectivity index (χ0v) is 3.53. The van der Waals surface area contributed by atoms with Crippen LogP contribution in [0.15, 0.2) is 0 Å². The summed E-state index contributed by atoms with van der Waals surface area (Å²) in [6.45, 7) is 1.43. The Morgan fingerprint density at radius 1 is 1.67 bits per heavy atom. The van der Waals surface area contributed by atoms with E-state index in [1.165, 1.54) is 6.92 Å². The molecule has 0 radical (unpaired) electrons. The first-order valence-corrected chi connectivity index (χ1v) is 1.23. The Hall–Kier alpha value is 0.740. The number of nitrogens with zero attached hydrogens (tertiary/aromatic N) is 1. The van der Waals surface area contributed by atoms with E-state index < -0.39 is 0 Å². The average molecular weight is 118 g/mol. The maximum absolute atomic E-state index is 7.32. The molecule has 0 fully saturated rings. The number of hydrogen-bond acceptors (Lipinski definition) is 2. The van der Waals surface area contributed by atoms with E-state index >= 15 is 0 Å². The fourth-order valence-corrected chi connectivity index (χ4v) is 0. The minimum atomic E-state index is 0. The van der Waals surface area contributed by atoms with Gasteiger partial charge in [0.1, 0.15) is 0 Å². The molecular weight excluding hydrogens is 112 g/mol. The van der Waals surface area contributed by atoms with Gasteiger partial charge in [0.25, 0.3) is 0 Å². The zero-order chi connectivity index (χ0) is 4.71. The molecule has 0 spiro atoms. The molecule has 0 saturated heterocycles. The van der Waals surface area contributed by atoms with Crippen molar-refractivity contribution in [2.45, 2.75) is 6.92 Å². The summed E-state index contributed by atoms with van der Waals surface area (Å²) < 4.78 is 6.47. The molecule has 0 aliphatic rings. The van der Waals surface area contributed by atoms with E-state index in [1.54, 1.807) is 6.07 Å². The molecule has 2 nitrogen and oxygen atoms in total. The molecule has 0 aromatic heterocycles. The van der Waals surface area contributed by atoms with E-state index in [0.29, 0.717) is 0 Å². The molecule has 0 bridgehead atoms. The van der Waals surface area contributed by atoms with Crippen molar-refractivity contribution in [2.24, 2.45) is 0 Å². The van der Waals surface area contributed by atoms with Crippen molar-refractivity contribution in [3.05, 3.63) is 0 Å². The SMILES string of the molecule is CC#N.OCl.[NaH]. The van der Waals surface area contributed by atoms with Crippen LogP contribution in [0.4, 0.5) is 0 Å². The first-order chi connectivity index (χ1) is 2.41. The molecule has 0 rings (SSSR count). The monoisotopic (exact) mass is 117 g/mol. The van der Waals surface area contributed by atoms with Crippen LogP contribution in [0.25, 0.3) is 0 Å². The van der Waals surface area contributed by atoms with E-state index in [1.807, 2.05) is 0 Å². The summed E-state index contributed by atoms with van der Waals surface area (Å²) in [7, 11) is 0. The van der Waals surface area contributed by atoms with Crippen molar-refractivity contribution in [1.29, 1.82) is 5.26 Å². The van der Waals surface area contributed by atoms with Crippen LogP contribution in [-0.2, 0) is 0 Å². The van der Waals surface area contributed by atoms with Gasteiger partial charge in [0.2, 0.25) is 0 Å². The summed E-state index contributed by atoms with van der Waals surface area (Å²) in [5.74, 6) is 0. The van der Waals surface area contributed by atoms with Gasteiger partial charge in [0.05, 0.1) is 17.9 Å². The van der Waals surface area contributed by atoms with Gasteiger partial charge in [-0.05, 0) is 0 Å². The molecule has 1 N–H and O–H groups in total. The van der Waals surface area contributed by atoms with Crippen LogP contribution >= 0.6 is 11.9 Å². The number of halogens is 1. The third kappa shape index (κ3) is 121. The summed E-state index contributed by atoms with van der Waals surface area (Å²) in [5, 5.41) is 7.32. The van der Waals surface area contributed by atoms with Crippen molar-refractivity contribution >= 4 is 41.4 Å². The summed E-state index contributed by atoms with van der Waals surface area (Å²) in [6, 6.07) is 1.75. The fourth-order valence-electron chi connectivity index (χ4n) is 0. The van der Waals surface area contributed by atoms with Crippen LogP contribution in [-0.4, -0.2) is 34.2 Å². The Labute approximate surface area is 64.2 Å². The quantitative estimate of drug-likeness (QED) is 0.455. The topological polar surface area (TPSA) is 44.0 Å². The Bertz CT molecular complexity index is 35.0. The van der Waals surface area contributed by atoms with Crippen molar-refractivity contribution in [3.8, 4) is 6.07 Å². The summed E-state index contributed by atoms with van der Waals surface area (Å²) in [4.78, 5) is 0. The minimum absolute atomic E-state index is 0. The second kappa shape index (κ2) is 42.6. The molecule has 0 saturated carbocycles. The van der Waals surface area contributed by atoms with Gasteiger partial charge in [-0.15, -0.1) is 0 Å². The molecule has 0 aromatic rings. The number of rotatable bonds is 0. The van der Waals surface area contributed by atoms with E-state index in [2.05, 4.69) is 11.9 Å². The molecular formula is C2H5ClNNaO. The molecule has 0 atom stereocenters. The zero-order valence-electron chi connectivity index (χ0n) is 2.77. The van der Waals surface area contributed by atoms with Crippen LogP contribution in [0.2, 0.25) is 0 Å². The molecule has 6 heavy (non-hydrogen) atoms. The standard InChI is InChI=1S/C2H3N.ClHO.Na.H/c1-2-3;1-2;;/h1H3;2H;;. The van der Waals surface area contributed by atoms with Crippen molar-refractivity contribution < 1.29 is 4.66 Å². The molecule has 0 unspecified atom stereocenters. The summed E-state index contributed by atoms with van der Waals surface area (Å²) in [5.41, 5.74) is 0. The van der Waals surface area contributed by atoms with Crippen molar-refractivity contribution in [3.63, 3.8) is 0 Å². The molecule has 4 heteroatoms. The summed E-state index contributed by atoms with van der Waals surface area (Å²) in [6.07, 6.45) is 0. The Kier molecular flexibility index (Phi) is 113. The average Bonchev–Trinajstić information content (AvgIpc) is 1.46. The normalized spacial score (nSPS) is 2.33. The van der Waals surface area contributed by atoms with Crippen LogP contribution in [0.5, 0.6) is 0 Å². The molecule has 0 heterocycles. The van der Waals surface area contributed by atoms with E-state index in [9.17, 15) is 0 Å². The van der Waals surface area contributed by atoms with Gasteiger partial charge in [-0.2, -0.15) is 5.26 Å². The third-order valence-corrected chi connectivity index (χ3v) is 0. The third-order valence-electron chi connectivity index (χ3n) is 0. The van der Waals surface area contributed by atoms with Gasteiger partial charge in [-0.1, -0.05) is 0 Å². The Balaban J connectivity index is -0.0000000275. The van der Waals surface area contributed by atoms with E-state index in [-0.39, 0.29) is 29.6 Å². The van der Waals surface area contributed by atoms with E-state index in [4.69, 9.17) is 9.92 Å². The van der Waals surface area contributed by atoms with E-state index in [0.717, 1.165) is 0 Å². The van der Waals surface area contributed by atoms with Crippen LogP contribution in [0.1, 0.15) is 6.92 Å². The van der Waals surface area contributed by atoms with Gasteiger partial charge in [-0.3, -0.25) is 4.66 Å². The predicted octanol–water partition coefficient (Wildman–Crippen LogP) is 0.0139. The maximum atomic E-state index is 7.32.